The number of fused-ring (bicyclic) bond motifs is 1. The van der Waals surface area contributed by atoms with E-state index in [-0.39, 0.29) is 5.25 Å². The lowest BCUT2D eigenvalue weighted by molar-refractivity contribution is 0.354. The highest BCUT2D eigenvalue weighted by atomic mass is 32.2. The van der Waals surface area contributed by atoms with Gasteiger partial charge in [-0.05, 0) is 29.9 Å². The summed E-state index contributed by atoms with van der Waals surface area (Å²) in [4.78, 5) is 4.57. The lowest BCUT2D eigenvalue weighted by Gasteiger charge is -2.21. The molecule has 0 aliphatic carbocycles. The molecule has 1 aliphatic rings. The maximum Gasteiger partial charge on any atom is 0.161 e. The van der Waals surface area contributed by atoms with Crippen molar-refractivity contribution >= 4 is 17.5 Å². The Balaban J connectivity index is 2.47. The maximum atomic E-state index is 9.35. The lowest BCUT2D eigenvalue weighted by atomic mass is 9.95. The van der Waals surface area contributed by atoms with Crippen LogP contribution in [0.2, 0.25) is 0 Å². The second-order valence-electron chi connectivity index (χ2n) is 4.35. The SMILES string of the molecule is CCSC(C#N)C1=NCCc2cc(OC)c(OC)cc21. The summed E-state index contributed by atoms with van der Waals surface area (Å²) in [7, 11) is 3.25. The zero-order chi connectivity index (χ0) is 14.5. The van der Waals surface area contributed by atoms with Gasteiger partial charge in [0.2, 0.25) is 0 Å². The van der Waals surface area contributed by atoms with Crippen molar-refractivity contribution < 1.29 is 9.47 Å². The van der Waals surface area contributed by atoms with Crippen LogP contribution < -0.4 is 9.47 Å². The van der Waals surface area contributed by atoms with E-state index in [0.717, 1.165) is 35.7 Å². The van der Waals surface area contributed by atoms with E-state index in [1.54, 1.807) is 26.0 Å². The van der Waals surface area contributed by atoms with E-state index in [0.29, 0.717) is 5.75 Å². The van der Waals surface area contributed by atoms with Gasteiger partial charge in [-0.2, -0.15) is 5.26 Å². The smallest absolute Gasteiger partial charge is 0.161 e. The molecule has 4 nitrogen and oxygen atoms in total. The van der Waals surface area contributed by atoms with E-state index >= 15 is 0 Å². The molecule has 0 radical (unpaired) electrons. The minimum absolute atomic E-state index is 0.225. The van der Waals surface area contributed by atoms with E-state index in [4.69, 9.17) is 9.47 Å². The second kappa shape index (κ2) is 6.67. The maximum absolute atomic E-state index is 9.35. The summed E-state index contributed by atoms with van der Waals surface area (Å²) in [5, 5.41) is 9.13. The van der Waals surface area contributed by atoms with Crippen LogP contribution in [0, 0.1) is 11.3 Å². The summed E-state index contributed by atoms with van der Waals surface area (Å²) in [6, 6.07) is 6.27. The molecule has 0 fully saturated rings. The van der Waals surface area contributed by atoms with Crippen LogP contribution in [0.25, 0.3) is 0 Å². The van der Waals surface area contributed by atoms with Crippen LogP contribution in [-0.4, -0.2) is 37.5 Å². The van der Waals surface area contributed by atoms with E-state index in [1.165, 1.54) is 5.56 Å². The second-order valence-corrected chi connectivity index (χ2v) is 5.73. The number of hydrogen-bond acceptors (Lipinski definition) is 5. The Bertz CT molecular complexity index is 564. The molecule has 20 heavy (non-hydrogen) atoms. The number of methoxy groups -OCH3 is 2. The van der Waals surface area contributed by atoms with Gasteiger partial charge in [0.25, 0.3) is 0 Å². The molecular formula is C15H18N2O2S. The standard InChI is InChI=1S/C15H18N2O2S/c1-4-20-14(9-16)15-11-8-13(19-3)12(18-2)7-10(11)5-6-17-15/h7-8,14H,4-6H2,1-3H3. The summed E-state index contributed by atoms with van der Waals surface area (Å²) < 4.78 is 10.7. The Kier molecular flexibility index (Phi) is 4.91. The third-order valence-electron chi connectivity index (χ3n) is 3.25. The molecule has 0 N–H and O–H groups in total. The van der Waals surface area contributed by atoms with Crippen LogP contribution in [0.5, 0.6) is 11.5 Å². The molecule has 2 rings (SSSR count). The number of rotatable bonds is 5. The highest BCUT2D eigenvalue weighted by Gasteiger charge is 2.24. The van der Waals surface area contributed by atoms with E-state index in [2.05, 4.69) is 11.1 Å². The number of nitriles is 1. The predicted molar refractivity (Wildman–Crippen MR) is 82.2 cm³/mol. The van der Waals surface area contributed by atoms with Crippen molar-refractivity contribution in [3.8, 4) is 17.6 Å². The Labute approximate surface area is 123 Å². The van der Waals surface area contributed by atoms with Crippen LogP contribution >= 0.6 is 11.8 Å². The molecule has 1 aliphatic heterocycles. The molecule has 0 saturated heterocycles. The van der Waals surface area contributed by atoms with Gasteiger partial charge in [0, 0.05) is 12.1 Å². The average molecular weight is 290 g/mol. The van der Waals surface area contributed by atoms with E-state index < -0.39 is 0 Å². The van der Waals surface area contributed by atoms with Gasteiger partial charge >= 0.3 is 0 Å². The number of benzene rings is 1. The number of hydrogen-bond donors (Lipinski definition) is 0. The fraction of sp³-hybridized carbons (Fsp3) is 0.467. The minimum Gasteiger partial charge on any atom is -0.493 e. The quantitative estimate of drug-likeness (QED) is 0.836. The molecule has 1 unspecified atom stereocenters. The van der Waals surface area contributed by atoms with Crippen molar-refractivity contribution in [1.82, 2.24) is 0 Å². The molecule has 1 heterocycles. The molecule has 0 aromatic heterocycles. The molecule has 0 saturated carbocycles. The normalized spacial score (nSPS) is 14.8. The molecule has 1 atom stereocenters. The van der Waals surface area contributed by atoms with Gasteiger partial charge < -0.3 is 9.47 Å². The van der Waals surface area contributed by atoms with Gasteiger partial charge in [0.15, 0.2) is 11.5 Å². The van der Waals surface area contributed by atoms with Crippen molar-refractivity contribution in [2.75, 3.05) is 26.5 Å². The van der Waals surface area contributed by atoms with Crippen molar-refractivity contribution in [3.05, 3.63) is 23.3 Å². The van der Waals surface area contributed by atoms with Crippen LogP contribution in [0.15, 0.2) is 17.1 Å². The first-order chi connectivity index (χ1) is 9.74. The van der Waals surface area contributed by atoms with Crippen LogP contribution in [0.1, 0.15) is 18.1 Å². The van der Waals surface area contributed by atoms with Crippen molar-refractivity contribution in [1.29, 1.82) is 5.26 Å². The van der Waals surface area contributed by atoms with Gasteiger partial charge in [-0.1, -0.05) is 6.92 Å². The first-order valence-corrected chi connectivity index (χ1v) is 7.60. The average Bonchev–Trinajstić information content (AvgIpc) is 2.50. The third-order valence-corrected chi connectivity index (χ3v) is 4.24. The number of thioether (sulfide) groups is 1. The highest BCUT2D eigenvalue weighted by molar-refractivity contribution is 8.00. The molecule has 106 valence electrons. The molecule has 0 bridgehead atoms. The lowest BCUT2D eigenvalue weighted by Crippen LogP contribution is -2.23. The fourth-order valence-corrected chi connectivity index (χ4v) is 3.08. The minimum atomic E-state index is -0.225. The van der Waals surface area contributed by atoms with Crippen molar-refractivity contribution in [2.24, 2.45) is 4.99 Å². The summed E-state index contributed by atoms with van der Waals surface area (Å²) in [6.45, 7) is 2.77. The zero-order valence-corrected chi connectivity index (χ0v) is 12.8. The molecule has 1 aromatic carbocycles. The van der Waals surface area contributed by atoms with E-state index in [9.17, 15) is 5.26 Å². The molecule has 5 heteroatoms. The fourth-order valence-electron chi connectivity index (χ4n) is 2.32. The van der Waals surface area contributed by atoms with Gasteiger partial charge in [0.1, 0.15) is 5.25 Å². The summed E-state index contributed by atoms with van der Waals surface area (Å²) in [6.07, 6.45) is 0.869. The Morgan fingerprint density at radius 2 is 2.05 bits per heavy atom. The van der Waals surface area contributed by atoms with E-state index in [1.807, 2.05) is 19.1 Å². The number of ether oxygens (including phenoxy) is 2. The number of nitrogens with zero attached hydrogens (tertiary/aromatic N) is 2. The van der Waals surface area contributed by atoms with Crippen LogP contribution in [-0.2, 0) is 6.42 Å². The molecule has 0 spiro atoms. The Hall–Kier alpha value is -1.67. The predicted octanol–water partition coefficient (Wildman–Crippen LogP) is 2.69. The van der Waals surface area contributed by atoms with Crippen molar-refractivity contribution in [3.63, 3.8) is 0 Å². The first-order valence-electron chi connectivity index (χ1n) is 6.56. The van der Waals surface area contributed by atoms with Gasteiger partial charge in [-0.15, -0.1) is 11.8 Å². The largest absolute Gasteiger partial charge is 0.493 e. The van der Waals surface area contributed by atoms with Crippen LogP contribution in [0.4, 0.5) is 0 Å². The first kappa shape index (κ1) is 14.7. The van der Waals surface area contributed by atoms with Crippen molar-refractivity contribution in [2.45, 2.75) is 18.6 Å². The third kappa shape index (κ3) is 2.75. The Morgan fingerprint density at radius 3 is 2.65 bits per heavy atom. The topological polar surface area (TPSA) is 54.6 Å². The highest BCUT2D eigenvalue weighted by Crippen LogP contribution is 2.34. The monoisotopic (exact) mass is 290 g/mol. The summed E-state index contributed by atoms with van der Waals surface area (Å²) in [5.74, 6) is 2.29. The molecular weight excluding hydrogens is 272 g/mol. The summed E-state index contributed by atoms with van der Waals surface area (Å²) in [5.41, 5.74) is 3.05. The molecule has 0 amide bonds. The number of aliphatic imine (C=N–C) groups is 1. The summed E-state index contributed by atoms with van der Waals surface area (Å²) >= 11 is 1.61. The van der Waals surface area contributed by atoms with Gasteiger partial charge in [-0.3, -0.25) is 4.99 Å². The zero-order valence-electron chi connectivity index (χ0n) is 12.0. The van der Waals surface area contributed by atoms with Gasteiger partial charge in [0.05, 0.1) is 26.0 Å². The van der Waals surface area contributed by atoms with Crippen LogP contribution in [0.3, 0.4) is 0 Å². The molecule has 1 aromatic rings. The Morgan fingerprint density at radius 1 is 1.35 bits per heavy atom. The van der Waals surface area contributed by atoms with Gasteiger partial charge in [-0.25, -0.2) is 0 Å².